The summed E-state index contributed by atoms with van der Waals surface area (Å²) in [6, 6.07) is 11.3. The molecule has 0 N–H and O–H groups in total. The van der Waals surface area contributed by atoms with Gasteiger partial charge in [0.05, 0.1) is 15.7 Å². The van der Waals surface area contributed by atoms with Crippen LogP contribution in [0.5, 0.6) is 5.75 Å². The van der Waals surface area contributed by atoms with Crippen molar-refractivity contribution in [3.05, 3.63) is 75.4 Å². The van der Waals surface area contributed by atoms with Gasteiger partial charge in [-0.15, -0.1) is 0 Å². The monoisotopic (exact) mass is 414 g/mol. The molecule has 0 saturated carbocycles. The van der Waals surface area contributed by atoms with Crippen LogP contribution in [0.2, 0.25) is 0 Å². The Kier molecular flexibility index (Phi) is 5.42. The van der Waals surface area contributed by atoms with E-state index in [0.29, 0.717) is 23.7 Å². The first-order valence-electron chi connectivity index (χ1n) is 8.14. The van der Waals surface area contributed by atoms with Gasteiger partial charge in [-0.05, 0) is 66.2 Å². The summed E-state index contributed by atoms with van der Waals surface area (Å²) in [5.41, 5.74) is 2.20. The number of para-hydroxylation sites is 1. The van der Waals surface area contributed by atoms with Gasteiger partial charge in [0.1, 0.15) is 23.9 Å². The number of aryl methyl sites for hydroxylation is 2. The molecule has 6 heteroatoms. The van der Waals surface area contributed by atoms with E-state index in [9.17, 15) is 4.79 Å². The Bertz CT molecular complexity index is 969. The predicted octanol–water partition coefficient (Wildman–Crippen LogP) is 4.87. The number of carbonyl (C=O) groups is 1. The van der Waals surface area contributed by atoms with Crippen LogP contribution < -0.4 is 4.74 Å². The quantitative estimate of drug-likeness (QED) is 0.426. The summed E-state index contributed by atoms with van der Waals surface area (Å²) in [6.07, 6.45) is 3.17. The zero-order chi connectivity index (χ0) is 18.7. The maximum atomic E-state index is 12.4. The zero-order valence-electron chi connectivity index (χ0n) is 14.8. The molecule has 5 nitrogen and oxygen atoms in total. The molecule has 0 fully saturated rings. The lowest BCUT2D eigenvalue weighted by atomic mass is 10.1. The molecule has 0 aliphatic rings. The van der Waals surface area contributed by atoms with Crippen LogP contribution in [-0.2, 0) is 13.7 Å². The molecule has 2 heterocycles. The SMILES string of the molecule is Cc1nn(C)c(C)c1C(=O)/C=C/c1ccc(COc2ccccc2Br)o1. The Morgan fingerprint density at radius 3 is 2.73 bits per heavy atom. The molecule has 0 unspecified atom stereocenters. The van der Waals surface area contributed by atoms with Crippen LogP contribution in [0.15, 0.2) is 51.4 Å². The fourth-order valence-corrected chi connectivity index (χ4v) is 3.04. The van der Waals surface area contributed by atoms with Gasteiger partial charge in [-0.3, -0.25) is 9.48 Å². The molecule has 0 amide bonds. The first-order chi connectivity index (χ1) is 12.5. The van der Waals surface area contributed by atoms with Crippen molar-refractivity contribution >= 4 is 27.8 Å². The highest BCUT2D eigenvalue weighted by atomic mass is 79.9. The van der Waals surface area contributed by atoms with Gasteiger partial charge >= 0.3 is 0 Å². The molecule has 3 aromatic rings. The van der Waals surface area contributed by atoms with E-state index in [-0.39, 0.29) is 5.78 Å². The summed E-state index contributed by atoms with van der Waals surface area (Å²) < 4.78 is 14.0. The second kappa shape index (κ2) is 7.74. The molecule has 0 bridgehead atoms. The van der Waals surface area contributed by atoms with E-state index >= 15 is 0 Å². The maximum Gasteiger partial charge on any atom is 0.189 e. The topological polar surface area (TPSA) is 57.3 Å². The van der Waals surface area contributed by atoms with E-state index in [2.05, 4.69) is 21.0 Å². The molecule has 26 heavy (non-hydrogen) atoms. The number of hydrogen-bond acceptors (Lipinski definition) is 4. The average molecular weight is 415 g/mol. The largest absolute Gasteiger partial charge is 0.484 e. The van der Waals surface area contributed by atoms with Crippen LogP contribution in [0.4, 0.5) is 0 Å². The van der Waals surface area contributed by atoms with Crippen LogP contribution in [0.25, 0.3) is 6.08 Å². The summed E-state index contributed by atoms with van der Waals surface area (Å²) >= 11 is 3.44. The molecular weight excluding hydrogens is 396 g/mol. The molecule has 1 aromatic carbocycles. The minimum absolute atomic E-state index is 0.0875. The molecular formula is C20H19BrN2O3. The van der Waals surface area contributed by atoms with Crippen LogP contribution in [0, 0.1) is 13.8 Å². The van der Waals surface area contributed by atoms with Crippen LogP contribution in [0.1, 0.15) is 33.3 Å². The van der Waals surface area contributed by atoms with Gasteiger partial charge in [-0.2, -0.15) is 5.10 Å². The van der Waals surface area contributed by atoms with Gasteiger partial charge in [-0.25, -0.2) is 0 Å². The van der Waals surface area contributed by atoms with Gasteiger partial charge in [0.25, 0.3) is 0 Å². The maximum absolute atomic E-state index is 12.4. The van der Waals surface area contributed by atoms with Gasteiger partial charge in [-0.1, -0.05) is 12.1 Å². The summed E-state index contributed by atoms with van der Waals surface area (Å²) in [4.78, 5) is 12.4. The summed E-state index contributed by atoms with van der Waals surface area (Å²) in [5.74, 6) is 1.94. The number of nitrogens with zero attached hydrogens (tertiary/aromatic N) is 2. The van der Waals surface area contributed by atoms with E-state index in [1.807, 2.05) is 57.3 Å². The van der Waals surface area contributed by atoms with Gasteiger partial charge in [0.15, 0.2) is 5.78 Å². The number of ether oxygens (including phenoxy) is 1. The van der Waals surface area contributed by atoms with Crippen molar-refractivity contribution in [1.29, 1.82) is 0 Å². The number of rotatable bonds is 6. The zero-order valence-corrected chi connectivity index (χ0v) is 16.4. The summed E-state index contributed by atoms with van der Waals surface area (Å²) in [5, 5.41) is 4.27. The minimum Gasteiger partial charge on any atom is -0.484 e. The third-order valence-electron chi connectivity index (χ3n) is 4.04. The van der Waals surface area contributed by atoms with Crippen LogP contribution >= 0.6 is 15.9 Å². The van der Waals surface area contributed by atoms with E-state index in [1.165, 1.54) is 6.08 Å². The molecule has 0 aliphatic heterocycles. The molecule has 3 rings (SSSR count). The van der Waals surface area contributed by atoms with Gasteiger partial charge in [0, 0.05) is 12.7 Å². The highest BCUT2D eigenvalue weighted by Crippen LogP contribution is 2.25. The molecule has 0 atom stereocenters. The van der Waals surface area contributed by atoms with Gasteiger partial charge < -0.3 is 9.15 Å². The first kappa shape index (κ1) is 18.2. The van der Waals surface area contributed by atoms with Crippen molar-refractivity contribution in [2.45, 2.75) is 20.5 Å². The van der Waals surface area contributed by atoms with E-state index in [1.54, 1.807) is 10.8 Å². The lowest BCUT2D eigenvalue weighted by Gasteiger charge is -2.05. The molecule has 0 saturated heterocycles. The predicted molar refractivity (Wildman–Crippen MR) is 103 cm³/mol. The van der Waals surface area contributed by atoms with Crippen molar-refractivity contribution in [3.8, 4) is 5.75 Å². The highest BCUT2D eigenvalue weighted by Gasteiger charge is 2.15. The fraction of sp³-hybridized carbons (Fsp3) is 0.200. The number of hydrogen-bond donors (Lipinski definition) is 0. The van der Waals surface area contributed by atoms with Crippen molar-refractivity contribution in [3.63, 3.8) is 0 Å². The number of ketones is 1. The van der Waals surface area contributed by atoms with Crippen molar-refractivity contribution in [2.24, 2.45) is 7.05 Å². The van der Waals surface area contributed by atoms with E-state index < -0.39 is 0 Å². The molecule has 2 aromatic heterocycles. The second-order valence-electron chi connectivity index (χ2n) is 5.89. The van der Waals surface area contributed by atoms with E-state index in [0.717, 1.165) is 21.6 Å². The van der Waals surface area contributed by atoms with Crippen molar-refractivity contribution in [1.82, 2.24) is 9.78 Å². The highest BCUT2D eigenvalue weighted by molar-refractivity contribution is 9.10. The lowest BCUT2D eigenvalue weighted by molar-refractivity contribution is 0.104. The number of aromatic nitrogens is 2. The minimum atomic E-state index is -0.0875. The Morgan fingerprint density at radius 2 is 2.04 bits per heavy atom. The molecule has 0 aliphatic carbocycles. The number of carbonyl (C=O) groups excluding carboxylic acids is 1. The fourth-order valence-electron chi connectivity index (χ4n) is 2.64. The second-order valence-corrected chi connectivity index (χ2v) is 6.74. The molecule has 0 spiro atoms. The third kappa shape index (κ3) is 3.96. The first-order valence-corrected chi connectivity index (χ1v) is 8.93. The Hall–Kier alpha value is -2.60. The number of halogens is 1. The Labute approximate surface area is 160 Å². The lowest BCUT2D eigenvalue weighted by Crippen LogP contribution is -1.99. The summed E-state index contributed by atoms with van der Waals surface area (Å²) in [7, 11) is 1.83. The summed E-state index contributed by atoms with van der Waals surface area (Å²) in [6.45, 7) is 4.02. The van der Waals surface area contributed by atoms with Crippen molar-refractivity contribution < 1.29 is 13.9 Å². The number of benzene rings is 1. The number of furan rings is 1. The Balaban J connectivity index is 1.65. The standard InChI is InChI=1S/C20H19BrN2O3/c1-13-20(14(2)23(3)22-13)18(24)11-10-15-8-9-16(26-15)12-25-19-7-5-4-6-17(19)21/h4-11H,12H2,1-3H3/b11-10+. The van der Waals surface area contributed by atoms with Crippen LogP contribution in [0.3, 0.4) is 0 Å². The Morgan fingerprint density at radius 1 is 1.27 bits per heavy atom. The third-order valence-corrected chi connectivity index (χ3v) is 4.70. The van der Waals surface area contributed by atoms with Crippen LogP contribution in [-0.4, -0.2) is 15.6 Å². The normalized spacial score (nSPS) is 11.2. The smallest absolute Gasteiger partial charge is 0.189 e. The van der Waals surface area contributed by atoms with Gasteiger partial charge in [0.2, 0.25) is 0 Å². The molecule has 134 valence electrons. The van der Waals surface area contributed by atoms with Crippen molar-refractivity contribution in [2.75, 3.05) is 0 Å². The number of allylic oxidation sites excluding steroid dienone is 1. The van der Waals surface area contributed by atoms with E-state index in [4.69, 9.17) is 9.15 Å². The average Bonchev–Trinajstić information content (AvgIpc) is 3.16. The molecule has 0 radical (unpaired) electrons.